The average Bonchev–Trinajstić information content (AvgIpc) is 4.20. The molecule has 340 valence electrons. The van der Waals surface area contributed by atoms with Crippen LogP contribution in [0.5, 0.6) is 23.0 Å². The molecule has 4 aromatic carbocycles. The third-order valence-electron chi connectivity index (χ3n) is 11.8. The van der Waals surface area contributed by atoms with Gasteiger partial charge in [-0.25, -0.2) is 19.2 Å². The van der Waals surface area contributed by atoms with Crippen molar-refractivity contribution >= 4 is 46.2 Å². The first-order chi connectivity index (χ1) is 32.8. The van der Waals surface area contributed by atoms with Crippen LogP contribution < -0.4 is 40.3 Å². The van der Waals surface area contributed by atoms with E-state index < -0.39 is 23.9 Å². The number of methoxy groups -OCH3 is 4. The zero-order chi connectivity index (χ0) is 48.0. The summed E-state index contributed by atoms with van der Waals surface area (Å²) in [6.45, 7) is 0. The summed E-state index contributed by atoms with van der Waals surface area (Å²) < 4.78 is 23.4. The monoisotopic (exact) mass is 912 g/mol. The van der Waals surface area contributed by atoms with Gasteiger partial charge in [-0.15, -0.1) is 0 Å². The molecule has 68 heavy (non-hydrogen) atoms. The highest BCUT2D eigenvalue weighted by Gasteiger charge is 2.24. The molecule has 8 N–H and O–H groups in total. The number of aromatic carboxylic acids is 4. The maximum absolute atomic E-state index is 12.2. The van der Waals surface area contributed by atoms with Crippen LogP contribution in [0.15, 0.2) is 121 Å². The van der Waals surface area contributed by atoms with E-state index in [-0.39, 0.29) is 45.3 Å². The fourth-order valence-electron chi connectivity index (χ4n) is 8.61. The molecule has 0 fully saturated rings. The summed E-state index contributed by atoms with van der Waals surface area (Å²) >= 11 is 0. The molecule has 5 heterocycles. The second kappa shape index (κ2) is 17.5. The number of aromatic amines is 4. The van der Waals surface area contributed by atoms with Crippen LogP contribution in [0, 0.1) is 0 Å². The Labute approximate surface area is 385 Å². The number of hydrogen-bond acceptors (Lipinski definition) is 8. The van der Waals surface area contributed by atoms with Crippen LogP contribution in [0.4, 0.5) is 0 Å². The minimum Gasteiger partial charge on any atom is -0.496 e. The number of H-pyrrole nitrogens is 4. The quantitative estimate of drug-likeness (QED) is 0.0795. The minimum atomic E-state index is -1.14. The number of hydrogen-bond donors (Lipinski definition) is 8. The normalized spacial score (nSPS) is 12.2. The van der Waals surface area contributed by atoms with Gasteiger partial charge in [0.15, 0.2) is 0 Å². The Morgan fingerprint density at radius 2 is 0.544 bits per heavy atom. The SMILES string of the molecule is COc1cc(C(=O)O)ccc1C1=c2ccc([nH]2)=C(c2ccc(C(=O)O)cc2OC)c2ccc([nH]2)C(c2ccc(C(=O)O)cc2OC)=c2ccc([nH]2)=C(c2ccc(C(=O)O)cc2OC)c2ccc1[nH]2. The zero-order valence-corrected chi connectivity index (χ0v) is 36.6. The van der Waals surface area contributed by atoms with Crippen LogP contribution in [0.1, 0.15) is 86.5 Å². The predicted octanol–water partition coefficient (Wildman–Crippen LogP) is 5.13. The highest BCUT2D eigenvalue weighted by molar-refractivity contribution is 5.94. The zero-order valence-electron chi connectivity index (χ0n) is 36.6. The lowest BCUT2D eigenvalue weighted by molar-refractivity contribution is 0.0685. The van der Waals surface area contributed by atoms with Crippen LogP contribution >= 0.6 is 0 Å². The Balaban J connectivity index is 1.47. The maximum atomic E-state index is 12.2. The molecule has 16 nitrogen and oxygen atoms in total. The van der Waals surface area contributed by atoms with E-state index >= 15 is 0 Å². The molecule has 0 unspecified atom stereocenters. The van der Waals surface area contributed by atoms with Gasteiger partial charge in [-0.1, -0.05) is 0 Å². The molecule has 0 saturated heterocycles. The number of carbonyl (C=O) groups is 4. The molecule has 16 heteroatoms. The number of benzene rings is 4. The predicted molar refractivity (Wildman–Crippen MR) is 248 cm³/mol. The van der Waals surface area contributed by atoms with Crippen molar-refractivity contribution in [2.45, 2.75) is 0 Å². The standard InChI is InChI=1S/C52H40N4O12/c1-65-41-21-25(49(57)58)5-9-29(41)45-33-13-15-35(53-33)46(30-10-6-26(50(59)60)22-42(30)66-2)37-17-19-39(55-37)48(32-12-8-28(52(63)64)24-44(32)68-4)40-20-18-38(56-40)47(36-16-14-34(45)54-36)31-11-7-27(51(61)62)23-43(31)67-3/h5-24,53-56H,1-4H3,(H,57,58)(H,59,60)(H,61,62)(H,63,64). The summed E-state index contributed by atoms with van der Waals surface area (Å²) in [5.74, 6) is -3.49. The molecule has 1 aliphatic rings. The van der Waals surface area contributed by atoms with Gasteiger partial charge in [0.25, 0.3) is 0 Å². The average molecular weight is 913 g/mol. The van der Waals surface area contributed by atoms with Crippen LogP contribution in [0.3, 0.4) is 0 Å². The van der Waals surface area contributed by atoms with Gasteiger partial charge in [0.1, 0.15) is 23.0 Å². The fourth-order valence-corrected chi connectivity index (χ4v) is 8.61. The lowest BCUT2D eigenvalue weighted by Gasteiger charge is -2.15. The first-order valence-corrected chi connectivity index (χ1v) is 20.8. The Kier molecular flexibility index (Phi) is 11.3. The van der Waals surface area contributed by atoms with Crippen molar-refractivity contribution in [1.29, 1.82) is 0 Å². The molecular formula is C52H40N4O12. The van der Waals surface area contributed by atoms with Crippen LogP contribution in [-0.2, 0) is 0 Å². The number of aromatic nitrogens is 4. The molecule has 0 spiro atoms. The Hall–Kier alpha value is -9.44. The summed E-state index contributed by atoms with van der Waals surface area (Å²) in [6, 6.07) is 33.2. The minimum absolute atomic E-state index is 0.00974. The molecule has 0 saturated carbocycles. The molecule has 0 amide bonds. The molecule has 8 bridgehead atoms. The van der Waals surface area contributed by atoms with Crippen molar-refractivity contribution in [3.8, 4) is 23.0 Å². The Morgan fingerprint density at radius 3 is 0.735 bits per heavy atom. The third-order valence-corrected chi connectivity index (χ3v) is 11.8. The maximum Gasteiger partial charge on any atom is 0.335 e. The number of fused-ring (bicyclic) bond motifs is 8. The van der Waals surface area contributed by atoms with Crippen molar-refractivity contribution in [2.24, 2.45) is 0 Å². The topological polar surface area (TPSA) is 249 Å². The van der Waals surface area contributed by atoms with E-state index in [0.29, 0.717) is 88.7 Å². The van der Waals surface area contributed by atoms with Crippen LogP contribution in [0.2, 0.25) is 0 Å². The van der Waals surface area contributed by atoms with Gasteiger partial charge in [-0.3, -0.25) is 0 Å². The summed E-state index contributed by atoms with van der Waals surface area (Å²) in [5.41, 5.74) is 6.73. The van der Waals surface area contributed by atoms with Crippen molar-refractivity contribution < 1.29 is 58.6 Å². The van der Waals surface area contributed by atoms with Gasteiger partial charge >= 0.3 is 23.9 Å². The summed E-state index contributed by atoms with van der Waals surface area (Å²) in [7, 11) is 5.80. The highest BCUT2D eigenvalue weighted by atomic mass is 16.5. The van der Waals surface area contributed by atoms with E-state index in [0.717, 1.165) is 0 Å². The molecular weight excluding hydrogens is 873 g/mol. The van der Waals surface area contributed by atoms with E-state index in [4.69, 9.17) is 18.9 Å². The first kappa shape index (κ1) is 43.8. The number of carboxylic acids is 4. The lowest BCUT2D eigenvalue weighted by Crippen LogP contribution is -2.19. The number of carboxylic acid groups (broad SMARTS) is 4. The molecule has 0 radical (unpaired) electrons. The van der Waals surface area contributed by atoms with Crippen LogP contribution in [0.25, 0.3) is 22.3 Å². The second-order valence-electron chi connectivity index (χ2n) is 15.5. The van der Waals surface area contributed by atoms with Gasteiger partial charge < -0.3 is 59.3 Å². The van der Waals surface area contributed by atoms with Crippen LogP contribution in [-0.4, -0.2) is 92.7 Å². The number of rotatable bonds is 12. The summed E-state index contributed by atoms with van der Waals surface area (Å²) in [4.78, 5) is 63.0. The largest absolute Gasteiger partial charge is 0.496 e. The van der Waals surface area contributed by atoms with E-state index in [9.17, 15) is 39.6 Å². The summed E-state index contributed by atoms with van der Waals surface area (Å²) in [5, 5.41) is 42.0. The Bertz CT molecular complexity index is 3190. The lowest BCUT2D eigenvalue weighted by atomic mass is 9.99. The van der Waals surface area contributed by atoms with Gasteiger partial charge in [0.05, 0.1) is 50.7 Å². The summed E-state index contributed by atoms with van der Waals surface area (Å²) in [6.07, 6.45) is 0. The van der Waals surface area contributed by atoms with Crippen molar-refractivity contribution in [3.63, 3.8) is 0 Å². The van der Waals surface area contributed by atoms with E-state index in [1.807, 2.05) is 48.5 Å². The number of nitrogens with one attached hydrogen (secondary N) is 4. The molecule has 4 aromatic heterocycles. The van der Waals surface area contributed by atoms with Crippen molar-refractivity contribution in [1.82, 2.24) is 19.9 Å². The van der Waals surface area contributed by atoms with Gasteiger partial charge in [0, 0.05) is 88.7 Å². The second-order valence-corrected chi connectivity index (χ2v) is 15.5. The van der Waals surface area contributed by atoms with Crippen molar-refractivity contribution in [3.05, 3.63) is 210 Å². The molecule has 8 aromatic rings. The molecule has 0 aliphatic carbocycles. The number of ether oxygens (including phenoxy) is 4. The van der Waals surface area contributed by atoms with Gasteiger partial charge in [-0.2, -0.15) is 0 Å². The van der Waals surface area contributed by atoms with E-state index in [1.54, 1.807) is 24.3 Å². The molecule has 1 aliphatic heterocycles. The van der Waals surface area contributed by atoms with Gasteiger partial charge in [-0.05, 0) is 121 Å². The smallest absolute Gasteiger partial charge is 0.335 e. The first-order valence-electron chi connectivity index (χ1n) is 20.8. The molecule has 9 rings (SSSR count). The third kappa shape index (κ3) is 7.70. The van der Waals surface area contributed by atoms with Gasteiger partial charge in [0.2, 0.25) is 0 Å². The van der Waals surface area contributed by atoms with E-state index in [2.05, 4.69) is 19.9 Å². The van der Waals surface area contributed by atoms with E-state index in [1.165, 1.54) is 77.0 Å². The fraction of sp³-hybridized carbons (Fsp3) is 0.0769. The highest BCUT2D eigenvalue weighted by Crippen LogP contribution is 2.36. The Morgan fingerprint density at radius 1 is 0.324 bits per heavy atom. The van der Waals surface area contributed by atoms with Crippen molar-refractivity contribution in [2.75, 3.05) is 28.4 Å². The molecule has 0 atom stereocenters.